The second-order valence-corrected chi connectivity index (χ2v) is 5.32. The molecule has 0 aliphatic heterocycles. The zero-order valence-corrected chi connectivity index (χ0v) is 12.9. The number of hydrogen-bond acceptors (Lipinski definition) is 3. The molecule has 2 N–H and O–H groups in total. The van der Waals surface area contributed by atoms with Crippen LogP contribution in [0.2, 0.25) is 0 Å². The smallest absolute Gasteiger partial charge is 0.326 e. The number of hydrogen-bond donors (Lipinski definition) is 2. The number of ketones is 1. The average Bonchev–Trinajstić information content (AvgIpc) is 2.51. The quantitative estimate of drug-likeness (QED) is 0.719. The van der Waals surface area contributed by atoms with E-state index in [1.165, 1.54) is 0 Å². The van der Waals surface area contributed by atoms with E-state index < -0.39 is 35.3 Å². The van der Waals surface area contributed by atoms with E-state index in [2.05, 4.69) is 5.32 Å². The molecule has 0 fully saturated rings. The molecule has 1 aromatic rings. The first-order valence-corrected chi connectivity index (χ1v) is 7.26. The number of carbonyl (C=O) groups is 3. The summed E-state index contributed by atoms with van der Waals surface area (Å²) in [5, 5.41) is 11.4. The molecule has 0 saturated heterocycles. The van der Waals surface area contributed by atoms with Gasteiger partial charge in [-0.2, -0.15) is 0 Å². The topological polar surface area (TPSA) is 83.5 Å². The maximum absolute atomic E-state index is 13.1. The normalized spacial score (nSPS) is 13.2. The van der Waals surface area contributed by atoms with Gasteiger partial charge in [-0.1, -0.05) is 20.3 Å². The number of aliphatic carboxylic acids is 1. The molecular weight excluding hydrogens is 308 g/mol. The van der Waals surface area contributed by atoms with E-state index in [1.807, 2.05) is 0 Å². The van der Waals surface area contributed by atoms with Gasteiger partial charge in [-0.15, -0.1) is 0 Å². The molecule has 1 rings (SSSR count). The van der Waals surface area contributed by atoms with Crippen LogP contribution < -0.4 is 5.32 Å². The first-order chi connectivity index (χ1) is 10.8. The highest BCUT2D eigenvalue weighted by atomic mass is 19.2. The van der Waals surface area contributed by atoms with Crippen molar-refractivity contribution in [2.45, 2.75) is 39.2 Å². The van der Waals surface area contributed by atoms with Crippen molar-refractivity contribution in [3.8, 4) is 0 Å². The van der Waals surface area contributed by atoms with Gasteiger partial charge in [-0.05, 0) is 24.1 Å². The fourth-order valence-corrected chi connectivity index (χ4v) is 1.97. The number of benzene rings is 1. The van der Waals surface area contributed by atoms with E-state index in [-0.39, 0.29) is 24.3 Å². The van der Waals surface area contributed by atoms with Gasteiger partial charge < -0.3 is 10.4 Å². The van der Waals surface area contributed by atoms with Crippen molar-refractivity contribution >= 4 is 17.7 Å². The van der Waals surface area contributed by atoms with Gasteiger partial charge in [0.1, 0.15) is 6.04 Å². The Balaban J connectivity index is 2.59. The molecule has 7 heteroatoms. The van der Waals surface area contributed by atoms with Crippen molar-refractivity contribution in [2.24, 2.45) is 5.92 Å². The monoisotopic (exact) mass is 327 g/mol. The van der Waals surface area contributed by atoms with Gasteiger partial charge >= 0.3 is 5.97 Å². The summed E-state index contributed by atoms with van der Waals surface area (Å²) in [7, 11) is 0. The lowest BCUT2D eigenvalue weighted by molar-refractivity contribution is -0.143. The summed E-state index contributed by atoms with van der Waals surface area (Å²) in [6.07, 6.45) is 0.132. The molecule has 0 saturated carbocycles. The van der Waals surface area contributed by atoms with Crippen molar-refractivity contribution < 1.29 is 28.3 Å². The highest BCUT2D eigenvalue weighted by Gasteiger charge is 2.25. The maximum Gasteiger partial charge on any atom is 0.326 e. The van der Waals surface area contributed by atoms with E-state index in [0.717, 1.165) is 18.2 Å². The number of amides is 1. The lowest BCUT2D eigenvalue weighted by atomic mass is 9.99. The minimum Gasteiger partial charge on any atom is -0.480 e. The first-order valence-electron chi connectivity index (χ1n) is 7.26. The van der Waals surface area contributed by atoms with Crippen LogP contribution in [0.1, 0.15) is 43.5 Å². The Labute approximate surface area is 132 Å². The second kappa shape index (κ2) is 8.36. The summed E-state index contributed by atoms with van der Waals surface area (Å²) in [4.78, 5) is 34.7. The summed E-state index contributed by atoms with van der Waals surface area (Å²) in [6, 6.07) is 1.73. The maximum atomic E-state index is 13.1. The van der Waals surface area contributed by atoms with E-state index in [4.69, 9.17) is 5.11 Å². The van der Waals surface area contributed by atoms with Crippen molar-refractivity contribution in [1.82, 2.24) is 5.32 Å². The standard InChI is InChI=1S/C16H19F2NO4/c1-3-9(2)15(16(22)23)19-14(21)7-6-13(20)10-4-5-11(17)12(18)8-10/h4-5,8-9,15H,3,6-7H2,1-2H3,(H,19,21)(H,22,23)/t9-,15-/m0/s1. The Hall–Kier alpha value is -2.31. The summed E-state index contributed by atoms with van der Waals surface area (Å²) in [5.74, 6) is -4.68. The fraction of sp³-hybridized carbons (Fsp3) is 0.438. The summed E-state index contributed by atoms with van der Waals surface area (Å²) >= 11 is 0. The molecule has 0 heterocycles. The van der Waals surface area contributed by atoms with Crippen LogP contribution in [0.4, 0.5) is 8.78 Å². The lowest BCUT2D eigenvalue weighted by Crippen LogP contribution is -2.45. The number of Topliss-reactive ketones (excluding diaryl/α,β-unsaturated/α-hetero) is 1. The number of halogens is 2. The van der Waals surface area contributed by atoms with E-state index in [0.29, 0.717) is 6.42 Å². The van der Waals surface area contributed by atoms with Crippen LogP contribution in [0.5, 0.6) is 0 Å². The largest absolute Gasteiger partial charge is 0.480 e. The van der Waals surface area contributed by atoms with Crippen LogP contribution in [0.25, 0.3) is 0 Å². The number of nitrogens with one attached hydrogen (secondary N) is 1. The molecular formula is C16H19F2NO4. The molecule has 0 aliphatic rings. The van der Waals surface area contributed by atoms with Crippen LogP contribution in [-0.4, -0.2) is 28.8 Å². The SMILES string of the molecule is CC[C@H](C)[C@H](NC(=O)CCC(=O)c1ccc(F)c(F)c1)C(=O)O. The predicted octanol–water partition coefficient (Wildman–Crippen LogP) is 2.54. The molecule has 0 radical (unpaired) electrons. The van der Waals surface area contributed by atoms with Crippen molar-refractivity contribution in [3.63, 3.8) is 0 Å². The second-order valence-electron chi connectivity index (χ2n) is 5.32. The first kappa shape index (κ1) is 18.7. The van der Waals surface area contributed by atoms with Gasteiger partial charge in [0.15, 0.2) is 17.4 Å². The van der Waals surface area contributed by atoms with Crippen LogP contribution in [-0.2, 0) is 9.59 Å². The molecule has 0 aromatic heterocycles. The van der Waals surface area contributed by atoms with Crippen LogP contribution in [0.15, 0.2) is 18.2 Å². The Morgan fingerprint density at radius 1 is 1.17 bits per heavy atom. The molecule has 2 atom stereocenters. The Morgan fingerprint density at radius 3 is 2.35 bits per heavy atom. The predicted molar refractivity (Wildman–Crippen MR) is 78.9 cm³/mol. The van der Waals surface area contributed by atoms with E-state index >= 15 is 0 Å². The van der Waals surface area contributed by atoms with Gasteiger partial charge in [0, 0.05) is 18.4 Å². The van der Waals surface area contributed by atoms with Crippen LogP contribution in [0.3, 0.4) is 0 Å². The van der Waals surface area contributed by atoms with Gasteiger partial charge in [0.2, 0.25) is 5.91 Å². The number of carboxylic acids is 1. The Kier molecular flexibility index (Phi) is 6.81. The van der Waals surface area contributed by atoms with Crippen molar-refractivity contribution in [1.29, 1.82) is 0 Å². The fourth-order valence-electron chi connectivity index (χ4n) is 1.97. The lowest BCUT2D eigenvalue weighted by Gasteiger charge is -2.20. The summed E-state index contributed by atoms with van der Waals surface area (Å²) in [6.45, 7) is 3.50. The zero-order chi connectivity index (χ0) is 17.6. The van der Waals surface area contributed by atoms with Gasteiger partial charge in [-0.25, -0.2) is 13.6 Å². The molecule has 1 amide bonds. The molecule has 0 unspecified atom stereocenters. The molecule has 0 spiro atoms. The summed E-state index contributed by atoms with van der Waals surface area (Å²) < 4.78 is 25.9. The van der Waals surface area contributed by atoms with Crippen LogP contribution >= 0.6 is 0 Å². The highest BCUT2D eigenvalue weighted by molar-refractivity contribution is 5.98. The molecule has 126 valence electrons. The minimum atomic E-state index is -1.14. The van der Waals surface area contributed by atoms with Crippen molar-refractivity contribution in [2.75, 3.05) is 0 Å². The summed E-state index contributed by atoms with van der Waals surface area (Å²) in [5.41, 5.74) is -0.0339. The van der Waals surface area contributed by atoms with E-state index in [9.17, 15) is 23.2 Å². The van der Waals surface area contributed by atoms with Gasteiger partial charge in [0.25, 0.3) is 0 Å². The van der Waals surface area contributed by atoms with E-state index in [1.54, 1.807) is 13.8 Å². The highest BCUT2D eigenvalue weighted by Crippen LogP contribution is 2.12. The van der Waals surface area contributed by atoms with Crippen molar-refractivity contribution in [3.05, 3.63) is 35.4 Å². The molecule has 0 aliphatic carbocycles. The molecule has 5 nitrogen and oxygen atoms in total. The molecule has 1 aromatic carbocycles. The Morgan fingerprint density at radius 2 is 1.83 bits per heavy atom. The minimum absolute atomic E-state index is 0.0339. The van der Waals surface area contributed by atoms with Gasteiger partial charge in [0.05, 0.1) is 0 Å². The average molecular weight is 327 g/mol. The molecule has 0 bridgehead atoms. The van der Waals surface area contributed by atoms with Crippen LogP contribution in [0, 0.1) is 17.6 Å². The number of carbonyl (C=O) groups excluding carboxylic acids is 2. The third-order valence-electron chi connectivity index (χ3n) is 3.62. The number of rotatable bonds is 8. The third kappa shape index (κ3) is 5.43. The number of carboxylic acid groups (broad SMARTS) is 1. The zero-order valence-electron chi connectivity index (χ0n) is 12.9. The third-order valence-corrected chi connectivity index (χ3v) is 3.62. The van der Waals surface area contributed by atoms with Gasteiger partial charge in [-0.3, -0.25) is 9.59 Å². The molecule has 23 heavy (non-hydrogen) atoms. The Bertz CT molecular complexity index is 604.